The minimum Gasteiger partial charge on any atom is -0.339 e. The molecule has 0 N–H and O–H groups in total. The van der Waals surface area contributed by atoms with Crippen LogP contribution < -0.4 is 4.90 Å². The third kappa shape index (κ3) is 2.45. The molecule has 1 aromatic carbocycles. The Hall–Kier alpha value is -1.91. The lowest BCUT2D eigenvalue weighted by atomic mass is 9.92. The largest absolute Gasteiger partial charge is 0.339 e. The molecule has 2 atom stereocenters. The van der Waals surface area contributed by atoms with E-state index < -0.39 is 0 Å². The number of para-hydroxylation sites is 1. The number of piperidine rings is 1. The Morgan fingerprint density at radius 1 is 1.05 bits per heavy atom. The lowest BCUT2D eigenvalue weighted by molar-refractivity contribution is 0.352. The second-order valence-electron chi connectivity index (χ2n) is 5.58. The van der Waals surface area contributed by atoms with Crippen molar-refractivity contribution in [3.05, 3.63) is 30.3 Å². The lowest BCUT2D eigenvalue weighted by Gasteiger charge is -2.35. The maximum absolute atomic E-state index is 4.21. The van der Waals surface area contributed by atoms with Gasteiger partial charge in [0.05, 0.1) is 5.69 Å². The minimum atomic E-state index is 0.685. The van der Waals surface area contributed by atoms with Gasteiger partial charge in [-0.2, -0.15) is 4.68 Å². The minimum absolute atomic E-state index is 0.685. The molecule has 1 saturated heterocycles. The van der Waals surface area contributed by atoms with E-state index in [1.54, 1.807) is 0 Å². The highest BCUT2D eigenvalue weighted by atomic mass is 15.6. The highest BCUT2D eigenvalue weighted by Gasteiger charge is 2.25. The van der Waals surface area contributed by atoms with Crippen LogP contribution in [0.2, 0.25) is 0 Å². The number of anilines is 1. The van der Waals surface area contributed by atoms with Crippen molar-refractivity contribution in [1.82, 2.24) is 20.2 Å². The number of hydrogen-bond donors (Lipinski definition) is 0. The van der Waals surface area contributed by atoms with Crippen molar-refractivity contribution in [2.45, 2.75) is 20.3 Å². The number of benzene rings is 1. The lowest BCUT2D eigenvalue weighted by Crippen LogP contribution is -2.40. The Labute approximate surface area is 113 Å². The van der Waals surface area contributed by atoms with E-state index in [9.17, 15) is 0 Å². The Morgan fingerprint density at radius 2 is 1.74 bits per heavy atom. The normalized spacial score (nSPS) is 23.6. The van der Waals surface area contributed by atoms with Crippen LogP contribution in [0, 0.1) is 11.8 Å². The third-order valence-corrected chi connectivity index (χ3v) is 3.61. The number of aromatic nitrogens is 4. The first-order valence-electron chi connectivity index (χ1n) is 6.83. The first-order valence-corrected chi connectivity index (χ1v) is 6.83. The van der Waals surface area contributed by atoms with Gasteiger partial charge in [0.25, 0.3) is 0 Å². The molecule has 0 spiro atoms. The zero-order chi connectivity index (χ0) is 13.2. The summed E-state index contributed by atoms with van der Waals surface area (Å²) in [4.78, 5) is 2.30. The van der Waals surface area contributed by atoms with Gasteiger partial charge in [0, 0.05) is 13.1 Å². The quantitative estimate of drug-likeness (QED) is 0.827. The van der Waals surface area contributed by atoms with Gasteiger partial charge in [0.2, 0.25) is 5.95 Å². The SMILES string of the molecule is C[C@@H]1C[C@@H](C)CN(c2nnnn2-c2ccccc2)C1. The molecule has 0 aliphatic carbocycles. The molecule has 5 heteroatoms. The highest BCUT2D eigenvalue weighted by Crippen LogP contribution is 2.25. The Kier molecular flexibility index (Phi) is 3.19. The zero-order valence-corrected chi connectivity index (χ0v) is 11.4. The highest BCUT2D eigenvalue weighted by molar-refractivity contribution is 5.40. The van der Waals surface area contributed by atoms with Gasteiger partial charge in [0.1, 0.15) is 0 Å². The maximum Gasteiger partial charge on any atom is 0.250 e. The number of nitrogens with zero attached hydrogens (tertiary/aromatic N) is 5. The molecule has 3 rings (SSSR count). The molecular formula is C14H19N5. The number of rotatable bonds is 2. The van der Waals surface area contributed by atoms with Crippen LogP contribution >= 0.6 is 0 Å². The molecule has 0 amide bonds. The van der Waals surface area contributed by atoms with Crippen molar-refractivity contribution in [2.24, 2.45) is 11.8 Å². The van der Waals surface area contributed by atoms with E-state index in [4.69, 9.17) is 0 Å². The van der Waals surface area contributed by atoms with Gasteiger partial charge in [0.15, 0.2) is 0 Å². The van der Waals surface area contributed by atoms with E-state index >= 15 is 0 Å². The van der Waals surface area contributed by atoms with E-state index in [2.05, 4.69) is 34.3 Å². The van der Waals surface area contributed by atoms with Crippen LogP contribution in [-0.4, -0.2) is 33.3 Å². The molecule has 1 aliphatic heterocycles. The molecule has 2 heterocycles. The topological polar surface area (TPSA) is 46.8 Å². The van der Waals surface area contributed by atoms with Crippen molar-refractivity contribution < 1.29 is 0 Å². The van der Waals surface area contributed by atoms with Crippen LogP contribution in [0.25, 0.3) is 5.69 Å². The van der Waals surface area contributed by atoms with E-state index in [1.807, 2.05) is 35.0 Å². The van der Waals surface area contributed by atoms with E-state index in [-0.39, 0.29) is 0 Å². The Bertz CT molecular complexity index is 526. The summed E-state index contributed by atoms with van der Waals surface area (Å²) in [6.07, 6.45) is 1.28. The number of tetrazole rings is 1. The number of hydrogen-bond acceptors (Lipinski definition) is 4. The molecule has 1 fully saturated rings. The fraction of sp³-hybridized carbons (Fsp3) is 0.500. The van der Waals surface area contributed by atoms with Gasteiger partial charge in [-0.15, -0.1) is 0 Å². The van der Waals surface area contributed by atoms with Crippen LogP contribution in [0.1, 0.15) is 20.3 Å². The molecule has 0 radical (unpaired) electrons. The summed E-state index contributed by atoms with van der Waals surface area (Å²) in [5.74, 6) is 2.22. The Morgan fingerprint density at radius 3 is 2.42 bits per heavy atom. The van der Waals surface area contributed by atoms with Gasteiger partial charge >= 0.3 is 0 Å². The maximum atomic E-state index is 4.21. The summed E-state index contributed by atoms with van der Waals surface area (Å²) >= 11 is 0. The first kappa shape index (κ1) is 12.1. The molecule has 19 heavy (non-hydrogen) atoms. The molecule has 1 aliphatic rings. The van der Waals surface area contributed by atoms with Gasteiger partial charge in [-0.05, 0) is 40.8 Å². The average molecular weight is 257 g/mol. The van der Waals surface area contributed by atoms with E-state index in [0.717, 1.165) is 24.7 Å². The van der Waals surface area contributed by atoms with Crippen molar-refractivity contribution >= 4 is 5.95 Å². The molecule has 0 unspecified atom stereocenters. The van der Waals surface area contributed by atoms with Gasteiger partial charge in [-0.25, -0.2) is 0 Å². The van der Waals surface area contributed by atoms with Crippen molar-refractivity contribution in [3.63, 3.8) is 0 Å². The monoisotopic (exact) mass is 257 g/mol. The standard InChI is InChI=1S/C14H19N5/c1-11-8-12(2)10-18(9-11)14-15-16-17-19(14)13-6-4-3-5-7-13/h3-7,11-12H,8-10H2,1-2H3/t11-,12-/m1/s1. The summed E-state index contributed by atoms with van der Waals surface area (Å²) in [6, 6.07) is 10.1. The van der Waals surface area contributed by atoms with Crippen molar-refractivity contribution in [3.8, 4) is 5.69 Å². The van der Waals surface area contributed by atoms with Crippen LogP contribution in [0.3, 0.4) is 0 Å². The average Bonchev–Trinajstić information content (AvgIpc) is 2.88. The van der Waals surface area contributed by atoms with Crippen LogP contribution in [0.4, 0.5) is 5.95 Å². The molecule has 5 nitrogen and oxygen atoms in total. The fourth-order valence-corrected chi connectivity index (χ4v) is 2.94. The summed E-state index contributed by atoms with van der Waals surface area (Å²) in [6.45, 7) is 6.63. The van der Waals surface area contributed by atoms with Crippen molar-refractivity contribution in [1.29, 1.82) is 0 Å². The molecular weight excluding hydrogens is 238 g/mol. The van der Waals surface area contributed by atoms with E-state index in [0.29, 0.717) is 11.8 Å². The summed E-state index contributed by atoms with van der Waals surface area (Å²) in [7, 11) is 0. The predicted octanol–water partition coefficient (Wildman–Crippen LogP) is 2.14. The van der Waals surface area contributed by atoms with Crippen LogP contribution in [0.5, 0.6) is 0 Å². The van der Waals surface area contributed by atoms with Crippen LogP contribution in [-0.2, 0) is 0 Å². The smallest absolute Gasteiger partial charge is 0.250 e. The molecule has 0 bridgehead atoms. The molecule has 1 aromatic heterocycles. The molecule has 100 valence electrons. The van der Waals surface area contributed by atoms with Gasteiger partial charge in [-0.3, -0.25) is 0 Å². The summed E-state index contributed by atoms with van der Waals surface area (Å²) in [5, 5.41) is 12.2. The fourth-order valence-electron chi connectivity index (χ4n) is 2.94. The predicted molar refractivity (Wildman–Crippen MR) is 74.3 cm³/mol. The second kappa shape index (κ2) is 4.99. The second-order valence-corrected chi connectivity index (χ2v) is 5.58. The van der Waals surface area contributed by atoms with Gasteiger partial charge < -0.3 is 4.90 Å². The van der Waals surface area contributed by atoms with Crippen molar-refractivity contribution in [2.75, 3.05) is 18.0 Å². The third-order valence-electron chi connectivity index (χ3n) is 3.61. The summed E-state index contributed by atoms with van der Waals surface area (Å²) in [5.41, 5.74) is 1.01. The van der Waals surface area contributed by atoms with Gasteiger partial charge in [-0.1, -0.05) is 37.1 Å². The summed E-state index contributed by atoms with van der Waals surface area (Å²) < 4.78 is 1.82. The molecule has 0 saturated carbocycles. The molecule has 2 aromatic rings. The van der Waals surface area contributed by atoms with E-state index in [1.165, 1.54) is 6.42 Å². The Balaban J connectivity index is 1.92. The first-order chi connectivity index (χ1) is 9.24. The zero-order valence-electron chi connectivity index (χ0n) is 11.4. The van der Waals surface area contributed by atoms with Crippen LogP contribution in [0.15, 0.2) is 30.3 Å².